The second-order valence-electron chi connectivity index (χ2n) is 8.13. The second kappa shape index (κ2) is 5.67. The van der Waals surface area contributed by atoms with Crippen LogP contribution < -0.4 is 5.32 Å². The molecule has 1 aliphatic carbocycles. The molecule has 3 nitrogen and oxygen atoms in total. The van der Waals surface area contributed by atoms with Crippen LogP contribution in [0.3, 0.4) is 0 Å². The van der Waals surface area contributed by atoms with Crippen molar-refractivity contribution in [1.82, 2.24) is 10.2 Å². The van der Waals surface area contributed by atoms with Gasteiger partial charge in [0.25, 0.3) is 0 Å². The van der Waals surface area contributed by atoms with Gasteiger partial charge in [0.15, 0.2) is 0 Å². The summed E-state index contributed by atoms with van der Waals surface area (Å²) >= 11 is 0. The molecule has 3 heteroatoms. The number of nitrogens with one attached hydrogen (secondary N) is 1. The summed E-state index contributed by atoms with van der Waals surface area (Å²) in [5, 5.41) is 3.67. The fourth-order valence-electron chi connectivity index (χ4n) is 3.50. The largest absolute Gasteiger partial charge is 0.325 e. The van der Waals surface area contributed by atoms with Crippen LogP contribution in [0.15, 0.2) is 0 Å². The lowest BCUT2D eigenvalue weighted by Crippen LogP contribution is -2.45. The summed E-state index contributed by atoms with van der Waals surface area (Å²) in [5.74, 6) is 0.980. The predicted octanol–water partition coefficient (Wildman–Crippen LogP) is 3.54. The van der Waals surface area contributed by atoms with Crippen molar-refractivity contribution in [1.29, 1.82) is 0 Å². The van der Waals surface area contributed by atoms with Crippen molar-refractivity contribution < 1.29 is 4.79 Å². The highest BCUT2D eigenvalue weighted by atomic mass is 16.2. The quantitative estimate of drug-likeness (QED) is 0.854. The fraction of sp³-hybridized carbons (Fsp3) is 0.941. The van der Waals surface area contributed by atoms with E-state index in [1.165, 1.54) is 25.7 Å². The van der Waals surface area contributed by atoms with Crippen molar-refractivity contribution in [2.45, 2.75) is 84.8 Å². The Morgan fingerprint density at radius 3 is 2.40 bits per heavy atom. The molecule has 1 saturated heterocycles. The van der Waals surface area contributed by atoms with Crippen molar-refractivity contribution in [3.05, 3.63) is 0 Å². The minimum atomic E-state index is -0.342. The van der Waals surface area contributed by atoms with Crippen LogP contribution in [0.2, 0.25) is 0 Å². The highest BCUT2D eigenvalue weighted by Crippen LogP contribution is 2.36. The molecule has 2 fully saturated rings. The van der Waals surface area contributed by atoms with Crippen LogP contribution in [0, 0.1) is 11.3 Å². The summed E-state index contributed by atoms with van der Waals surface area (Å²) in [6.45, 7) is 11.9. The SMILES string of the molecule is CCC1(C)NC(C2CCCC2)N(CCC(C)(C)C)C1=O. The summed E-state index contributed by atoms with van der Waals surface area (Å²) in [6, 6.07) is 0. The zero-order chi connectivity index (χ0) is 15.0. The number of rotatable bonds is 4. The zero-order valence-electron chi connectivity index (χ0n) is 14.0. The van der Waals surface area contributed by atoms with Gasteiger partial charge in [0, 0.05) is 6.54 Å². The lowest BCUT2D eigenvalue weighted by atomic mass is 9.91. The Morgan fingerprint density at radius 2 is 1.90 bits per heavy atom. The number of nitrogens with zero attached hydrogens (tertiary/aromatic N) is 1. The van der Waals surface area contributed by atoms with Crippen LogP contribution in [0.4, 0.5) is 0 Å². The monoisotopic (exact) mass is 280 g/mol. The van der Waals surface area contributed by atoms with Crippen LogP contribution in [0.5, 0.6) is 0 Å². The number of amides is 1. The molecule has 2 atom stereocenters. The average molecular weight is 280 g/mol. The molecular formula is C17H32N2O. The van der Waals surface area contributed by atoms with E-state index in [4.69, 9.17) is 0 Å². The molecule has 0 bridgehead atoms. The van der Waals surface area contributed by atoms with Gasteiger partial charge in [-0.15, -0.1) is 0 Å². The first kappa shape index (κ1) is 15.8. The predicted molar refractivity (Wildman–Crippen MR) is 83.4 cm³/mol. The van der Waals surface area contributed by atoms with Crippen molar-refractivity contribution in [2.24, 2.45) is 11.3 Å². The summed E-state index contributed by atoms with van der Waals surface area (Å²) in [7, 11) is 0. The molecule has 1 saturated carbocycles. The molecule has 1 aliphatic heterocycles. The second-order valence-corrected chi connectivity index (χ2v) is 8.13. The Hall–Kier alpha value is -0.570. The minimum Gasteiger partial charge on any atom is -0.325 e. The summed E-state index contributed by atoms with van der Waals surface area (Å²) < 4.78 is 0. The van der Waals surface area contributed by atoms with Crippen LogP contribution in [-0.2, 0) is 4.79 Å². The standard InChI is InChI=1S/C17H32N2O/c1-6-17(5)15(20)19(12-11-16(2,3)4)14(18-17)13-9-7-8-10-13/h13-14,18H,6-12H2,1-5H3. The van der Waals surface area contributed by atoms with Crippen LogP contribution in [0.25, 0.3) is 0 Å². The van der Waals surface area contributed by atoms with Crippen LogP contribution in [-0.4, -0.2) is 29.1 Å². The molecular weight excluding hydrogens is 248 g/mol. The lowest BCUT2D eigenvalue weighted by Gasteiger charge is -2.31. The first-order valence-corrected chi connectivity index (χ1v) is 8.35. The van der Waals surface area contributed by atoms with Gasteiger partial charge in [0.05, 0.1) is 11.7 Å². The van der Waals surface area contributed by atoms with Crippen molar-refractivity contribution >= 4 is 5.91 Å². The molecule has 116 valence electrons. The Balaban J connectivity index is 2.12. The number of hydrogen-bond acceptors (Lipinski definition) is 2. The Kier molecular flexibility index (Phi) is 4.48. The number of carbonyl (C=O) groups is 1. The topological polar surface area (TPSA) is 32.3 Å². The average Bonchev–Trinajstić information content (AvgIpc) is 2.96. The van der Waals surface area contributed by atoms with E-state index in [0.29, 0.717) is 11.8 Å². The van der Waals surface area contributed by atoms with E-state index < -0.39 is 0 Å². The summed E-state index contributed by atoms with van der Waals surface area (Å²) in [5.41, 5.74) is -0.0587. The number of carbonyl (C=O) groups excluding carboxylic acids is 1. The normalized spacial score (nSPS) is 32.4. The number of hydrogen-bond donors (Lipinski definition) is 1. The van der Waals surface area contributed by atoms with E-state index in [1.807, 2.05) is 0 Å². The Bertz CT molecular complexity index is 354. The van der Waals surface area contributed by atoms with E-state index in [-0.39, 0.29) is 17.1 Å². The van der Waals surface area contributed by atoms with E-state index in [9.17, 15) is 4.79 Å². The maximum Gasteiger partial charge on any atom is 0.243 e. The molecule has 0 radical (unpaired) electrons. The van der Waals surface area contributed by atoms with Gasteiger partial charge in [-0.25, -0.2) is 0 Å². The summed E-state index contributed by atoms with van der Waals surface area (Å²) in [4.78, 5) is 15.0. The molecule has 1 heterocycles. The van der Waals surface area contributed by atoms with Crippen molar-refractivity contribution in [3.8, 4) is 0 Å². The third kappa shape index (κ3) is 3.19. The van der Waals surface area contributed by atoms with Crippen LogP contribution in [0.1, 0.15) is 73.1 Å². The molecule has 0 aromatic heterocycles. The van der Waals surface area contributed by atoms with Crippen LogP contribution >= 0.6 is 0 Å². The maximum atomic E-state index is 12.8. The molecule has 1 amide bonds. The van der Waals surface area contributed by atoms with Gasteiger partial charge in [0.1, 0.15) is 0 Å². The fourth-order valence-corrected chi connectivity index (χ4v) is 3.50. The maximum absolute atomic E-state index is 12.8. The van der Waals surface area contributed by atoms with E-state index in [2.05, 4.69) is 44.8 Å². The zero-order valence-corrected chi connectivity index (χ0v) is 14.0. The van der Waals surface area contributed by atoms with E-state index in [1.54, 1.807) is 0 Å². The van der Waals surface area contributed by atoms with Gasteiger partial charge < -0.3 is 4.90 Å². The van der Waals surface area contributed by atoms with E-state index >= 15 is 0 Å². The molecule has 20 heavy (non-hydrogen) atoms. The highest BCUT2D eigenvalue weighted by Gasteiger charge is 2.49. The molecule has 2 unspecified atom stereocenters. The smallest absolute Gasteiger partial charge is 0.243 e. The first-order valence-electron chi connectivity index (χ1n) is 8.35. The third-order valence-corrected chi connectivity index (χ3v) is 5.19. The minimum absolute atomic E-state index is 0.275. The Labute approximate surface area is 124 Å². The first-order chi connectivity index (χ1) is 9.27. The van der Waals surface area contributed by atoms with Gasteiger partial charge >= 0.3 is 0 Å². The Morgan fingerprint density at radius 1 is 1.30 bits per heavy atom. The van der Waals surface area contributed by atoms with Crippen molar-refractivity contribution in [3.63, 3.8) is 0 Å². The molecule has 2 rings (SSSR count). The molecule has 0 aromatic rings. The molecule has 0 aromatic carbocycles. The van der Waals surface area contributed by atoms with Gasteiger partial charge in [-0.2, -0.15) is 0 Å². The highest BCUT2D eigenvalue weighted by molar-refractivity contribution is 5.88. The van der Waals surface area contributed by atoms with Gasteiger partial charge in [-0.3, -0.25) is 10.1 Å². The van der Waals surface area contributed by atoms with Gasteiger partial charge in [-0.05, 0) is 43.9 Å². The third-order valence-electron chi connectivity index (χ3n) is 5.19. The lowest BCUT2D eigenvalue weighted by molar-refractivity contribution is -0.133. The van der Waals surface area contributed by atoms with Gasteiger partial charge in [-0.1, -0.05) is 40.5 Å². The molecule has 0 spiro atoms. The van der Waals surface area contributed by atoms with Crippen molar-refractivity contribution in [2.75, 3.05) is 6.54 Å². The van der Waals surface area contributed by atoms with E-state index in [0.717, 1.165) is 19.4 Å². The molecule has 2 aliphatic rings. The van der Waals surface area contributed by atoms with Gasteiger partial charge in [0.2, 0.25) is 5.91 Å². The molecule has 1 N–H and O–H groups in total. The summed E-state index contributed by atoms with van der Waals surface area (Å²) in [6.07, 6.45) is 7.43.